The molecule has 1 heterocycles. The summed E-state index contributed by atoms with van der Waals surface area (Å²) >= 11 is 0. The van der Waals surface area contributed by atoms with Crippen molar-refractivity contribution in [3.05, 3.63) is 65.7 Å². The zero-order valence-corrected chi connectivity index (χ0v) is 20.0. The van der Waals surface area contributed by atoms with Crippen molar-refractivity contribution < 1.29 is 15.0 Å². The van der Waals surface area contributed by atoms with Crippen LogP contribution in [0.3, 0.4) is 0 Å². The summed E-state index contributed by atoms with van der Waals surface area (Å²) in [7, 11) is 0. The van der Waals surface area contributed by atoms with Crippen molar-refractivity contribution in [2.45, 2.75) is 63.6 Å². The van der Waals surface area contributed by atoms with E-state index in [0.29, 0.717) is 44.0 Å². The average molecular weight is 463 g/mol. The summed E-state index contributed by atoms with van der Waals surface area (Å²) in [4.78, 5) is 15.7. The molecular weight excluding hydrogens is 424 g/mol. The highest BCUT2D eigenvalue weighted by Gasteiger charge is 2.62. The van der Waals surface area contributed by atoms with Gasteiger partial charge >= 0.3 is 0 Å². The summed E-state index contributed by atoms with van der Waals surface area (Å²) in [5.41, 5.74) is 7.38. The molecule has 34 heavy (non-hydrogen) atoms. The first-order valence-electron chi connectivity index (χ1n) is 12.9. The third kappa shape index (κ3) is 4.41. The Kier molecular flexibility index (Phi) is 6.54. The van der Waals surface area contributed by atoms with Crippen molar-refractivity contribution >= 4 is 11.5 Å². The number of aliphatic hydroxyl groups excluding tert-OH is 2. The average Bonchev–Trinajstić information content (AvgIpc) is 3.31. The Balaban J connectivity index is 1.50. The van der Waals surface area contributed by atoms with Gasteiger partial charge in [-0.15, -0.1) is 0 Å². The fourth-order valence-electron chi connectivity index (χ4n) is 7.27. The first-order valence-corrected chi connectivity index (χ1v) is 12.9. The lowest BCUT2D eigenvalue weighted by atomic mass is 9.52. The molecule has 3 aliphatic rings. The molecule has 2 aliphatic carbocycles. The van der Waals surface area contributed by atoms with Gasteiger partial charge in [0.1, 0.15) is 5.78 Å². The molecule has 3 fully saturated rings. The van der Waals surface area contributed by atoms with Crippen LogP contribution < -0.4 is 5.73 Å². The number of carbonyl (C=O) groups excluding carboxylic acids is 1. The smallest absolute Gasteiger partial charge is 0.134 e. The standard InChI is InChI=1S/C29H38N2O3/c30-25-13-7-6-12-23(25)14-26(33)29-17-24(32)16-28(27(29)34,15-21-8-2-1-3-9-21)19-31(20-29)18-22-10-4-5-11-22/h1-3,6-9,12-13,22,26-27,33-34H,4-5,10-11,14-20,30H2/t26-,27?,28?,29?/m0/s1. The van der Waals surface area contributed by atoms with Gasteiger partial charge in [0.05, 0.1) is 12.2 Å². The zero-order chi connectivity index (χ0) is 23.8. The minimum atomic E-state index is -0.886. The maximum absolute atomic E-state index is 13.2. The molecular formula is C29H38N2O3. The van der Waals surface area contributed by atoms with Crippen molar-refractivity contribution in [3.8, 4) is 0 Å². The Morgan fingerprint density at radius 1 is 1.00 bits per heavy atom. The van der Waals surface area contributed by atoms with Crippen molar-refractivity contribution in [1.82, 2.24) is 4.90 Å². The van der Waals surface area contributed by atoms with Crippen LogP contribution in [0.5, 0.6) is 0 Å². The molecule has 2 bridgehead atoms. The van der Waals surface area contributed by atoms with Crippen molar-refractivity contribution in [1.29, 1.82) is 0 Å². The number of nitrogens with zero attached hydrogens (tertiary/aromatic N) is 1. The first-order chi connectivity index (χ1) is 16.4. The van der Waals surface area contributed by atoms with E-state index in [0.717, 1.165) is 17.7 Å². The molecule has 0 amide bonds. The Morgan fingerprint density at radius 2 is 1.71 bits per heavy atom. The Hall–Kier alpha value is -2.21. The lowest BCUT2D eigenvalue weighted by Gasteiger charge is -2.60. The highest BCUT2D eigenvalue weighted by atomic mass is 16.3. The third-order valence-corrected chi connectivity index (χ3v) is 8.78. The van der Waals surface area contributed by atoms with E-state index in [9.17, 15) is 15.0 Å². The van der Waals surface area contributed by atoms with Gasteiger partial charge in [0, 0.05) is 55.4 Å². The number of para-hydroxylation sites is 1. The monoisotopic (exact) mass is 462 g/mol. The highest BCUT2D eigenvalue weighted by Crippen LogP contribution is 2.54. The zero-order valence-electron chi connectivity index (χ0n) is 20.0. The van der Waals surface area contributed by atoms with Gasteiger partial charge in [-0.05, 0) is 42.4 Å². The molecule has 2 saturated carbocycles. The largest absolute Gasteiger partial charge is 0.399 e. The van der Waals surface area contributed by atoms with Crippen molar-refractivity contribution in [2.24, 2.45) is 16.7 Å². The lowest BCUT2D eigenvalue weighted by molar-refractivity contribution is -0.205. The van der Waals surface area contributed by atoms with Crippen molar-refractivity contribution in [2.75, 3.05) is 25.4 Å². The molecule has 5 rings (SSSR count). The Labute approximate surface area is 203 Å². The minimum absolute atomic E-state index is 0.154. The Bertz CT molecular complexity index is 1010. The highest BCUT2D eigenvalue weighted by molar-refractivity contribution is 5.82. The van der Waals surface area contributed by atoms with E-state index < -0.39 is 23.0 Å². The number of anilines is 1. The van der Waals surface area contributed by atoms with Crippen LogP contribution in [-0.2, 0) is 17.6 Å². The summed E-state index contributed by atoms with van der Waals surface area (Å²) in [6.45, 7) is 2.24. The third-order valence-electron chi connectivity index (χ3n) is 8.78. The molecule has 5 heteroatoms. The van der Waals surface area contributed by atoms with Gasteiger partial charge in [-0.25, -0.2) is 0 Å². The summed E-state index contributed by atoms with van der Waals surface area (Å²) in [6.07, 6.45) is 5.05. The second kappa shape index (κ2) is 9.44. The van der Waals surface area contributed by atoms with Gasteiger partial charge in [-0.1, -0.05) is 61.4 Å². The minimum Gasteiger partial charge on any atom is -0.399 e. The van der Waals surface area contributed by atoms with Gasteiger partial charge in [0.25, 0.3) is 0 Å². The number of hydrogen-bond donors (Lipinski definition) is 3. The molecule has 1 aliphatic heterocycles. The number of rotatable bonds is 7. The quantitative estimate of drug-likeness (QED) is 0.547. The van der Waals surface area contributed by atoms with Crippen molar-refractivity contribution in [3.63, 3.8) is 0 Å². The number of nitrogen functional groups attached to an aromatic ring is 1. The van der Waals surface area contributed by atoms with Crippen LogP contribution >= 0.6 is 0 Å². The van der Waals surface area contributed by atoms with E-state index in [1.807, 2.05) is 42.5 Å². The van der Waals surface area contributed by atoms with Gasteiger partial charge in [0.2, 0.25) is 0 Å². The molecule has 2 aromatic rings. The number of carbonyl (C=O) groups is 1. The number of ketones is 1. The molecule has 2 aromatic carbocycles. The molecule has 0 spiro atoms. The van der Waals surface area contributed by atoms with Gasteiger partial charge in [-0.3, -0.25) is 4.79 Å². The number of Topliss-reactive ketones (excluding diaryl/α,β-unsaturated/α-hetero) is 1. The van der Waals surface area contributed by atoms with Crippen LogP contribution in [0.15, 0.2) is 54.6 Å². The van der Waals surface area contributed by atoms with Gasteiger partial charge < -0.3 is 20.8 Å². The molecule has 0 aromatic heterocycles. The number of piperidine rings is 1. The lowest BCUT2D eigenvalue weighted by Crippen LogP contribution is -2.70. The van der Waals surface area contributed by atoms with Gasteiger partial charge in [-0.2, -0.15) is 0 Å². The number of fused-ring (bicyclic) bond motifs is 2. The molecule has 5 nitrogen and oxygen atoms in total. The molecule has 3 unspecified atom stereocenters. The van der Waals surface area contributed by atoms with E-state index in [4.69, 9.17) is 5.73 Å². The molecule has 0 radical (unpaired) electrons. The Morgan fingerprint density at radius 3 is 2.44 bits per heavy atom. The van der Waals surface area contributed by atoms with E-state index in [-0.39, 0.29) is 12.2 Å². The number of nitrogens with two attached hydrogens (primary N) is 1. The first kappa shape index (κ1) is 23.5. The predicted molar refractivity (Wildman–Crippen MR) is 134 cm³/mol. The van der Waals surface area contributed by atoms with E-state index >= 15 is 0 Å². The molecule has 4 N–H and O–H groups in total. The number of likely N-dealkylation sites (tertiary alicyclic amines) is 1. The van der Waals surface area contributed by atoms with E-state index in [2.05, 4.69) is 17.0 Å². The van der Waals surface area contributed by atoms with Gasteiger partial charge in [0.15, 0.2) is 0 Å². The fraction of sp³-hybridized carbons (Fsp3) is 0.552. The van der Waals surface area contributed by atoms with Crippen LogP contribution in [0, 0.1) is 16.7 Å². The fourth-order valence-corrected chi connectivity index (χ4v) is 7.27. The second-order valence-corrected chi connectivity index (χ2v) is 11.3. The SMILES string of the molecule is Nc1ccccc1C[C@H](O)C12CC(=O)CC(Cc3ccccc3)(CN(CC3CCCC3)C1)C2O. The number of hydrogen-bond acceptors (Lipinski definition) is 5. The summed E-state index contributed by atoms with van der Waals surface area (Å²) in [5, 5.41) is 23.7. The summed E-state index contributed by atoms with van der Waals surface area (Å²) in [5.74, 6) is 0.821. The number of aliphatic hydroxyl groups is 2. The maximum atomic E-state index is 13.2. The van der Waals surface area contributed by atoms with Crippen LogP contribution in [0.4, 0.5) is 5.69 Å². The second-order valence-electron chi connectivity index (χ2n) is 11.3. The molecule has 1 saturated heterocycles. The maximum Gasteiger partial charge on any atom is 0.134 e. The van der Waals surface area contributed by atoms with Crippen LogP contribution in [0.1, 0.15) is 49.7 Å². The summed E-state index contributed by atoms with van der Waals surface area (Å²) in [6, 6.07) is 17.8. The normalized spacial score (nSPS) is 31.0. The van der Waals surface area contributed by atoms with E-state index in [1.54, 1.807) is 0 Å². The van der Waals surface area contributed by atoms with Crippen LogP contribution in [0.25, 0.3) is 0 Å². The molecule has 4 atom stereocenters. The summed E-state index contributed by atoms with van der Waals surface area (Å²) < 4.78 is 0. The predicted octanol–water partition coefficient (Wildman–Crippen LogP) is 3.62. The van der Waals surface area contributed by atoms with Crippen LogP contribution in [-0.4, -0.2) is 52.7 Å². The van der Waals surface area contributed by atoms with E-state index in [1.165, 1.54) is 25.7 Å². The topological polar surface area (TPSA) is 86.8 Å². The molecule has 182 valence electrons. The number of benzene rings is 2. The van der Waals surface area contributed by atoms with Crippen LogP contribution in [0.2, 0.25) is 0 Å².